The van der Waals surface area contributed by atoms with E-state index in [2.05, 4.69) is 17.0 Å². The molecule has 1 N–H and O–H groups in total. The molecule has 6 heteroatoms. The summed E-state index contributed by atoms with van der Waals surface area (Å²) >= 11 is 0. The summed E-state index contributed by atoms with van der Waals surface area (Å²) in [6.45, 7) is 6.51. The van der Waals surface area contributed by atoms with Crippen LogP contribution in [0.3, 0.4) is 0 Å². The molecule has 0 saturated heterocycles. The van der Waals surface area contributed by atoms with Gasteiger partial charge in [-0.1, -0.05) is 19.1 Å². The van der Waals surface area contributed by atoms with Gasteiger partial charge in [0, 0.05) is 12.5 Å². The molecule has 0 saturated carbocycles. The normalized spacial score (nSPS) is 16.0. The molecule has 2 atom stereocenters. The number of nitrogens with one attached hydrogen (secondary N) is 1. The molecule has 1 aliphatic carbocycles. The zero-order valence-corrected chi connectivity index (χ0v) is 19.6. The Labute approximate surface area is 190 Å². The van der Waals surface area contributed by atoms with E-state index >= 15 is 0 Å². The zero-order valence-electron chi connectivity index (χ0n) is 19.6. The minimum atomic E-state index is -0.403. The first kappa shape index (κ1) is 23.6. The van der Waals surface area contributed by atoms with Crippen molar-refractivity contribution in [1.29, 1.82) is 0 Å². The van der Waals surface area contributed by atoms with Crippen LogP contribution in [-0.4, -0.2) is 32.7 Å². The van der Waals surface area contributed by atoms with Gasteiger partial charge in [0.05, 0.1) is 14.2 Å². The molecular weight excluding hydrogens is 406 g/mol. The van der Waals surface area contributed by atoms with Crippen LogP contribution in [-0.2, 0) is 33.7 Å². The number of esters is 1. The fourth-order valence-electron chi connectivity index (χ4n) is 4.40. The first-order valence-electron chi connectivity index (χ1n) is 11.1. The fourth-order valence-corrected chi connectivity index (χ4v) is 4.40. The second-order valence-corrected chi connectivity index (χ2v) is 8.50. The number of carbonyl (C=O) groups is 2. The Kier molecular flexibility index (Phi) is 7.78. The van der Waals surface area contributed by atoms with Gasteiger partial charge in [-0.2, -0.15) is 0 Å². The molecule has 0 aromatic heterocycles. The maximum absolute atomic E-state index is 12.9. The van der Waals surface area contributed by atoms with Gasteiger partial charge < -0.3 is 19.5 Å². The fraction of sp³-hybridized carbons (Fsp3) is 0.462. The van der Waals surface area contributed by atoms with E-state index in [-0.39, 0.29) is 24.3 Å². The molecule has 1 aliphatic rings. The van der Waals surface area contributed by atoms with Gasteiger partial charge in [-0.3, -0.25) is 4.79 Å². The van der Waals surface area contributed by atoms with Crippen molar-refractivity contribution in [1.82, 2.24) is 5.32 Å². The summed E-state index contributed by atoms with van der Waals surface area (Å²) in [7, 11) is 2.99. The van der Waals surface area contributed by atoms with Crippen LogP contribution in [0.25, 0.3) is 0 Å². The van der Waals surface area contributed by atoms with Gasteiger partial charge >= 0.3 is 5.97 Å². The molecule has 1 amide bonds. The molecule has 172 valence electrons. The first-order valence-corrected chi connectivity index (χ1v) is 11.1. The van der Waals surface area contributed by atoms with Crippen molar-refractivity contribution in [3.05, 3.63) is 58.1 Å². The highest BCUT2D eigenvalue weighted by atomic mass is 16.6. The molecule has 0 fully saturated rings. The smallest absolute Gasteiger partial charge is 0.343 e. The number of benzene rings is 2. The number of rotatable bonds is 8. The van der Waals surface area contributed by atoms with Gasteiger partial charge in [0.15, 0.2) is 6.61 Å². The number of ether oxygens (including phenoxy) is 3. The lowest BCUT2D eigenvalue weighted by Gasteiger charge is -2.31. The molecule has 3 rings (SSSR count). The monoisotopic (exact) mass is 439 g/mol. The molecule has 0 radical (unpaired) electrons. The SMILES string of the molecule is COC(=O)COc1cc(C)c2c(c1C)CC(C(C)C(=O)NCc1ccc(OC)cc1)CC2. The molecule has 2 aromatic carbocycles. The summed E-state index contributed by atoms with van der Waals surface area (Å²) in [5.41, 5.74) is 5.84. The van der Waals surface area contributed by atoms with E-state index in [0.717, 1.165) is 36.1 Å². The van der Waals surface area contributed by atoms with Gasteiger partial charge in [0.25, 0.3) is 0 Å². The minimum Gasteiger partial charge on any atom is -0.497 e. The summed E-state index contributed by atoms with van der Waals surface area (Å²) in [6, 6.07) is 9.72. The molecular formula is C26H33NO5. The lowest BCUT2D eigenvalue weighted by molar-refractivity contribution is -0.142. The van der Waals surface area contributed by atoms with Crippen LogP contribution in [0.5, 0.6) is 11.5 Å². The number of amides is 1. The van der Waals surface area contributed by atoms with E-state index in [1.807, 2.05) is 44.2 Å². The molecule has 0 aliphatic heterocycles. The highest BCUT2D eigenvalue weighted by molar-refractivity contribution is 5.78. The first-order chi connectivity index (χ1) is 15.3. The summed E-state index contributed by atoms with van der Waals surface area (Å²) in [4.78, 5) is 24.4. The Morgan fingerprint density at radius 1 is 1.12 bits per heavy atom. The summed E-state index contributed by atoms with van der Waals surface area (Å²) in [6.07, 6.45) is 2.75. The molecule has 2 unspecified atom stereocenters. The van der Waals surface area contributed by atoms with Crippen molar-refractivity contribution in [2.75, 3.05) is 20.8 Å². The predicted molar refractivity (Wildman–Crippen MR) is 123 cm³/mol. The van der Waals surface area contributed by atoms with Crippen molar-refractivity contribution in [3.63, 3.8) is 0 Å². The highest BCUT2D eigenvalue weighted by Gasteiger charge is 2.30. The lowest BCUT2D eigenvalue weighted by atomic mass is 9.74. The Hall–Kier alpha value is -3.02. The van der Waals surface area contributed by atoms with Gasteiger partial charge in [-0.05, 0) is 85.0 Å². The largest absolute Gasteiger partial charge is 0.497 e. The molecule has 2 aromatic rings. The van der Waals surface area contributed by atoms with Gasteiger partial charge in [0.2, 0.25) is 5.91 Å². The Bertz CT molecular complexity index is 967. The highest BCUT2D eigenvalue weighted by Crippen LogP contribution is 2.37. The number of aryl methyl sites for hydroxylation is 1. The van der Waals surface area contributed by atoms with Crippen LogP contribution in [0.2, 0.25) is 0 Å². The minimum absolute atomic E-state index is 0.0711. The molecule has 0 heterocycles. The number of fused-ring (bicyclic) bond motifs is 1. The maximum Gasteiger partial charge on any atom is 0.343 e. The summed E-state index contributed by atoms with van der Waals surface area (Å²) in [5, 5.41) is 3.08. The number of methoxy groups -OCH3 is 2. The number of hydrogen-bond acceptors (Lipinski definition) is 5. The van der Waals surface area contributed by atoms with Crippen LogP contribution in [0, 0.1) is 25.7 Å². The Morgan fingerprint density at radius 2 is 1.84 bits per heavy atom. The Balaban J connectivity index is 1.66. The van der Waals surface area contributed by atoms with E-state index in [1.165, 1.54) is 23.8 Å². The standard InChI is InChI=1S/C26H33NO5/c1-16-12-24(32-15-25(28)31-5)18(3)23-13-20(8-11-22(16)23)17(2)26(29)27-14-19-6-9-21(30-4)10-7-19/h6-7,9-10,12,17,20H,8,11,13-15H2,1-5H3,(H,27,29). The van der Waals surface area contributed by atoms with E-state index in [4.69, 9.17) is 9.47 Å². The van der Waals surface area contributed by atoms with Gasteiger partial charge in [-0.25, -0.2) is 4.79 Å². The van der Waals surface area contributed by atoms with E-state index < -0.39 is 5.97 Å². The summed E-state index contributed by atoms with van der Waals surface area (Å²) in [5.74, 6) is 1.34. The average molecular weight is 440 g/mol. The molecule has 0 bridgehead atoms. The van der Waals surface area contributed by atoms with Crippen LogP contribution in [0.15, 0.2) is 30.3 Å². The second-order valence-electron chi connectivity index (χ2n) is 8.50. The lowest BCUT2D eigenvalue weighted by Crippen LogP contribution is -2.35. The third kappa shape index (κ3) is 5.42. The topological polar surface area (TPSA) is 73.9 Å². The maximum atomic E-state index is 12.9. The third-order valence-electron chi connectivity index (χ3n) is 6.56. The van der Waals surface area contributed by atoms with Crippen LogP contribution in [0.4, 0.5) is 0 Å². The average Bonchev–Trinajstić information content (AvgIpc) is 2.83. The van der Waals surface area contributed by atoms with E-state index in [1.54, 1.807) is 7.11 Å². The predicted octanol–water partition coefficient (Wildman–Crippen LogP) is 3.92. The quantitative estimate of drug-likeness (QED) is 0.631. The summed E-state index contributed by atoms with van der Waals surface area (Å²) < 4.78 is 15.6. The number of hydrogen-bond donors (Lipinski definition) is 1. The van der Waals surface area contributed by atoms with Crippen LogP contribution >= 0.6 is 0 Å². The Morgan fingerprint density at radius 3 is 2.50 bits per heavy atom. The van der Waals surface area contributed by atoms with Crippen molar-refractivity contribution >= 4 is 11.9 Å². The van der Waals surface area contributed by atoms with E-state index in [0.29, 0.717) is 12.3 Å². The van der Waals surface area contributed by atoms with Crippen LogP contribution < -0.4 is 14.8 Å². The van der Waals surface area contributed by atoms with E-state index in [9.17, 15) is 9.59 Å². The van der Waals surface area contributed by atoms with Gasteiger partial charge in [-0.15, -0.1) is 0 Å². The third-order valence-corrected chi connectivity index (χ3v) is 6.56. The second kappa shape index (κ2) is 10.5. The van der Waals surface area contributed by atoms with Crippen molar-refractivity contribution in [2.45, 2.75) is 46.6 Å². The van der Waals surface area contributed by atoms with Crippen molar-refractivity contribution in [3.8, 4) is 11.5 Å². The molecule has 32 heavy (non-hydrogen) atoms. The number of carbonyl (C=O) groups excluding carboxylic acids is 2. The molecule has 6 nitrogen and oxygen atoms in total. The van der Waals surface area contributed by atoms with Crippen LogP contribution in [0.1, 0.15) is 41.2 Å². The van der Waals surface area contributed by atoms with Gasteiger partial charge in [0.1, 0.15) is 11.5 Å². The zero-order chi connectivity index (χ0) is 23.3. The van der Waals surface area contributed by atoms with Crippen molar-refractivity contribution < 1.29 is 23.8 Å². The molecule has 0 spiro atoms. The van der Waals surface area contributed by atoms with Crippen molar-refractivity contribution in [2.24, 2.45) is 11.8 Å².